The summed E-state index contributed by atoms with van der Waals surface area (Å²) < 4.78 is 12.9. The lowest BCUT2D eigenvalue weighted by Gasteiger charge is -2.41. The predicted octanol–water partition coefficient (Wildman–Crippen LogP) is 9.09. The zero-order chi connectivity index (χ0) is 36.9. The van der Waals surface area contributed by atoms with E-state index in [4.69, 9.17) is 9.47 Å². The van der Waals surface area contributed by atoms with E-state index in [2.05, 4.69) is 60.7 Å². The van der Waals surface area contributed by atoms with Crippen LogP contribution < -0.4 is 0 Å². The highest BCUT2D eigenvalue weighted by Crippen LogP contribution is 2.38. The number of carbonyl (C=O) groups is 2. The van der Waals surface area contributed by atoms with Gasteiger partial charge in [-0.05, 0) is 87.6 Å². The largest absolute Gasteiger partial charge is 0.431 e. The Bertz CT molecular complexity index is 2040. The first-order valence-corrected chi connectivity index (χ1v) is 17.9. The van der Waals surface area contributed by atoms with Crippen LogP contribution in [0.1, 0.15) is 46.2 Å². The van der Waals surface area contributed by atoms with Crippen LogP contribution in [-0.2, 0) is 43.4 Å². The van der Waals surface area contributed by atoms with E-state index in [0.717, 1.165) is 54.9 Å². The summed E-state index contributed by atoms with van der Waals surface area (Å²) in [6, 6.07) is 44.9. The summed E-state index contributed by atoms with van der Waals surface area (Å²) in [5.41, 5.74) is 3.36. The molecule has 0 amide bonds. The first-order valence-electron chi connectivity index (χ1n) is 17.9. The van der Waals surface area contributed by atoms with Crippen LogP contribution in [0, 0.1) is 13.8 Å². The molecule has 0 saturated carbocycles. The average Bonchev–Trinajstić information content (AvgIpc) is 3.14. The molecular weight excluding hydrogens is 645 g/mol. The van der Waals surface area contributed by atoms with E-state index in [-0.39, 0.29) is 0 Å². The third-order valence-corrected chi connectivity index (χ3v) is 10.3. The van der Waals surface area contributed by atoms with Gasteiger partial charge in [0.05, 0.1) is 0 Å². The predicted molar refractivity (Wildman–Crippen MR) is 210 cm³/mol. The number of aryl methyl sites for hydroxylation is 4. The Balaban J connectivity index is 1.35. The molecular formula is C46H48N2O4. The third-order valence-electron chi connectivity index (χ3n) is 10.3. The molecule has 0 aliphatic rings. The van der Waals surface area contributed by atoms with Crippen molar-refractivity contribution in [3.63, 3.8) is 0 Å². The lowest BCUT2D eigenvalue weighted by molar-refractivity contribution is -0.211. The summed E-state index contributed by atoms with van der Waals surface area (Å²) >= 11 is 0. The lowest BCUT2D eigenvalue weighted by atomic mass is 9.91. The van der Waals surface area contributed by atoms with Crippen LogP contribution in [0.25, 0.3) is 21.5 Å². The molecule has 0 saturated heterocycles. The molecule has 0 aliphatic heterocycles. The molecule has 0 heterocycles. The van der Waals surface area contributed by atoms with E-state index in [0.29, 0.717) is 25.7 Å². The molecule has 0 bridgehead atoms. The highest BCUT2D eigenvalue weighted by molar-refractivity contribution is 6.30. The van der Waals surface area contributed by atoms with Crippen LogP contribution in [0.15, 0.2) is 133 Å². The number of carbonyl (C=O) groups excluding carboxylic acids is 2. The molecule has 0 fully saturated rings. The maximum atomic E-state index is 14.3. The molecule has 266 valence electrons. The number of nitrogens with zero attached hydrogens (tertiary/aromatic N) is 2. The zero-order valence-electron chi connectivity index (χ0n) is 31.1. The number of hydrogen-bond donors (Lipinski definition) is 0. The Labute approximate surface area is 307 Å². The number of ether oxygens (including phenoxy) is 2. The minimum Gasteiger partial charge on any atom is -0.431 e. The Morgan fingerprint density at radius 2 is 0.865 bits per heavy atom. The molecule has 52 heavy (non-hydrogen) atoms. The maximum Gasteiger partial charge on any atom is 0.419 e. The topological polar surface area (TPSA) is 59.1 Å². The summed E-state index contributed by atoms with van der Waals surface area (Å²) in [6.45, 7) is 4.02. The van der Waals surface area contributed by atoms with Gasteiger partial charge in [0.1, 0.15) is 0 Å². The summed E-state index contributed by atoms with van der Waals surface area (Å²) in [6.07, 6.45) is 2.03. The summed E-state index contributed by atoms with van der Waals surface area (Å²) in [7, 11) is 7.52. The first-order chi connectivity index (χ1) is 25.0. The molecule has 0 aromatic heterocycles. The fraction of sp³-hybridized carbons (Fsp3) is 0.261. The molecule has 0 aliphatic carbocycles. The van der Waals surface area contributed by atoms with Crippen molar-refractivity contribution in [3.05, 3.63) is 167 Å². The zero-order valence-corrected chi connectivity index (χ0v) is 31.1. The fourth-order valence-corrected chi connectivity index (χ4v) is 7.45. The van der Waals surface area contributed by atoms with Gasteiger partial charge in [0.25, 0.3) is 0 Å². The second-order valence-electron chi connectivity index (χ2n) is 14.2. The molecule has 2 atom stereocenters. The average molecular weight is 693 g/mol. The molecule has 0 radical (unpaired) electrons. The van der Waals surface area contributed by atoms with Gasteiger partial charge < -0.3 is 9.47 Å². The van der Waals surface area contributed by atoms with Crippen LogP contribution in [0.3, 0.4) is 0 Å². The molecule has 2 unspecified atom stereocenters. The van der Waals surface area contributed by atoms with Gasteiger partial charge in [0.15, 0.2) is 11.4 Å². The number of benzene rings is 6. The normalized spacial score (nSPS) is 13.9. The van der Waals surface area contributed by atoms with Crippen molar-refractivity contribution < 1.29 is 19.1 Å². The SMILES string of the molecule is Cc1cccc(C(CCc2cccc3ccccc23)(OC(=O)C(=O)OC(CCc2cccc3ccccc23)(c2cccc(C)c2)N(C)C)N(C)C)c1. The number of fused-ring (bicyclic) bond motifs is 2. The van der Waals surface area contributed by atoms with Crippen molar-refractivity contribution in [2.75, 3.05) is 28.2 Å². The number of hydrogen-bond acceptors (Lipinski definition) is 6. The van der Waals surface area contributed by atoms with Gasteiger partial charge in [-0.25, -0.2) is 9.59 Å². The highest BCUT2D eigenvalue weighted by atomic mass is 16.6. The molecule has 6 aromatic carbocycles. The van der Waals surface area contributed by atoms with Gasteiger partial charge in [-0.2, -0.15) is 0 Å². The quantitative estimate of drug-likeness (QED) is 0.0725. The van der Waals surface area contributed by atoms with Gasteiger partial charge in [-0.15, -0.1) is 0 Å². The van der Waals surface area contributed by atoms with Gasteiger partial charge in [-0.1, -0.05) is 145 Å². The lowest BCUT2D eigenvalue weighted by Crippen LogP contribution is -2.50. The minimum atomic E-state index is -1.26. The van der Waals surface area contributed by atoms with E-state index in [1.54, 1.807) is 0 Å². The monoisotopic (exact) mass is 692 g/mol. The molecule has 6 aromatic rings. The van der Waals surface area contributed by atoms with Crippen molar-refractivity contribution in [2.45, 2.75) is 51.0 Å². The standard InChI is InChI=1S/C46H48N2O4/c1-33-15-11-23-39(31-33)45(47(3)4,29-27-37-21-13-19-35-17-7-9-25-41(35)37)51-43(49)44(50)52-46(48(5)6,40-24-12-16-34(2)32-40)30-28-38-22-14-20-36-18-8-10-26-42(36)38/h7-26,31-32H,27-30H2,1-6H3. The van der Waals surface area contributed by atoms with Crippen molar-refractivity contribution in [3.8, 4) is 0 Å². The second kappa shape index (κ2) is 15.5. The van der Waals surface area contributed by atoms with Crippen LogP contribution in [0.2, 0.25) is 0 Å². The molecule has 6 nitrogen and oxygen atoms in total. The van der Waals surface area contributed by atoms with Gasteiger partial charge in [0, 0.05) is 24.0 Å². The molecule has 0 spiro atoms. The van der Waals surface area contributed by atoms with Gasteiger partial charge in [0.2, 0.25) is 0 Å². The van der Waals surface area contributed by atoms with Crippen molar-refractivity contribution in [1.82, 2.24) is 9.80 Å². The summed E-state index contributed by atoms with van der Waals surface area (Å²) in [5.74, 6) is -2.09. The molecule has 6 rings (SSSR count). The van der Waals surface area contributed by atoms with Crippen LogP contribution >= 0.6 is 0 Å². The van der Waals surface area contributed by atoms with Crippen molar-refractivity contribution in [1.29, 1.82) is 0 Å². The summed E-state index contributed by atoms with van der Waals surface area (Å²) in [4.78, 5) is 32.3. The van der Waals surface area contributed by atoms with E-state index in [1.165, 1.54) is 0 Å². The second-order valence-corrected chi connectivity index (χ2v) is 14.2. The first kappa shape index (κ1) is 36.5. The Morgan fingerprint density at radius 1 is 0.500 bits per heavy atom. The smallest absolute Gasteiger partial charge is 0.419 e. The summed E-state index contributed by atoms with van der Waals surface area (Å²) in [5, 5.41) is 4.58. The van der Waals surface area contributed by atoms with Crippen LogP contribution in [-0.4, -0.2) is 49.9 Å². The molecule has 6 heteroatoms. The van der Waals surface area contributed by atoms with Crippen LogP contribution in [0.5, 0.6) is 0 Å². The number of esters is 2. The van der Waals surface area contributed by atoms with E-state index in [1.807, 2.05) is 125 Å². The Hall–Kier alpha value is -5.30. The highest BCUT2D eigenvalue weighted by Gasteiger charge is 2.45. The van der Waals surface area contributed by atoms with E-state index < -0.39 is 23.4 Å². The van der Waals surface area contributed by atoms with Gasteiger partial charge in [-0.3, -0.25) is 9.80 Å². The van der Waals surface area contributed by atoms with E-state index in [9.17, 15) is 9.59 Å². The Morgan fingerprint density at radius 3 is 1.25 bits per heavy atom. The fourth-order valence-electron chi connectivity index (χ4n) is 7.45. The van der Waals surface area contributed by atoms with Crippen LogP contribution in [0.4, 0.5) is 0 Å². The number of rotatable bonds is 12. The Kier molecular flexibility index (Phi) is 10.9. The van der Waals surface area contributed by atoms with Crippen molar-refractivity contribution in [2.24, 2.45) is 0 Å². The van der Waals surface area contributed by atoms with E-state index >= 15 is 0 Å². The van der Waals surface area contributed by atoms with Gasteiger partial charge >= 0.3 is 11.9 Å². The third kappa shape index (κ3) is 7.50. The minimum absolute atomic E-state index is 0.411. The maximum absolute atomic E-state index is 14.3. The molecule has 0 N–H and O–H groups in total. The van der Waals surface area contributed by atoms with Crippen molar-refractivity contribution >= 4 is 33.5 Å².